The number of aryl methyl sites for hydroxylation is 6. The maximum Gasteiger partial charge on any atom is 0.137 e. The van der Waals surface area contributed by atoms with E-state index in [1.54, 1.807) is 0 Å². The van der Waals surface area contributed by atoms with Crippen LogP contribution >= 0.6 is 15.9 Å². The Hall–Kier alpha value is -1.89. The number of aromatic nitrogens is 3. The Morgan fingerprint density at radius 3 is 1.22 bits per heavy atom. The van der Waals surface area contributed by atoms with Crippen molar-refractivity contribution in [3.8, 4) is 0 Å². The van der Waals surface area contributed by atoms with Crippen LogP contribution in [0.2, 0.25) is 0 Å². The van der Waals surface area contributed by atoms with E-state index in [0.717, 1.165) is 57.2 Å². The minimum absolute atomic E-state index is 0. The molecule has 0 aromatic carbocycles. The summed E-state index contributed by atoms with van der Waals surface area (Å²) in [5.41, 5.74) is 6.55. The third-order valence-electron chi connectivity index (χ3n) is 4.24. The average molecular weight is 442 g/mol. The third-order valence-corrected chi connectivity index (χ3v) is 4.80. The highest BCUT2D eigenvalue weighted by Gasteiger charge is 2.05. The van der Waals surface area contributed by atoms with Gasteiger partial charge < -0.3 is 13.6 Å². The molecule has 0 spiro atoms. The Labute approximate surface area is 170 Å². The zero-order valence-corrected chi connectivity index (χ0v) is 18.4. The molecule has 0 bridgehead atoms. The maximum absolute atomic E-state index is 4.94. The highest BCUT2D eigenvalue weighted by molar-refractivity contribution is 9.08. The van der Waals surface area contributed by atoms with Gasteiger partial charge in [0.1, 0.15) is 17.3 Å². The molecular weight excluding hydrogens is 410 g/mol. The lowest BCUT2D eigenvalue weighted by Crippen LogP contribution is -1.82. The molecule has 0 aliphatic rings. The van der Waals surface area contributed by atoms with E-state index in [2.05, 4.69) is 38.3 Å². The van der Waals surface area contributed by atoms with Crippen molar-refractivity contribution in [1.29, 1.82) is 0 Å². The minimum Gasteiger partial charge on any atom is -0.361 e. The Morgan fingerprint density at radius 1 is 0.667 bits per heavy atom. The van der Waals surface area contributed by atoms with Gasteiger partial charge >= 0.3 is 0 Å². The van der Waals surface area contributed by atoms with Crippen molar-refractivity contribution >= 4 is 15.9 Å². The molecule has 3 aromatic rings. The zero-order valence-electron chi connectivity index (χ0n) is 16.9. The Bertz CT molecular complexity index is 714. The van der Waals surface area contributed by atoms with Gasteiger partial charge in [0, 0.05) is 22.0 Å². The lowest BCUT2D eigenvalue weighted by atomic mass is 10.1. The number of alkyl halides is 1. The summed E-state index contributed by atoms with van der Waals surface area (Å²) >= 11 is 3.34. The summed E-state index contributed by atoms with van der Waals surface area (Å²) in [7, 11) is 0. The van der Waals surface area contributed by atoms with Gasteiger partial charge in [0.05, 0.1) is 17.1 Å². The molecule has 0 N–H and O–H groups in total. The fraction of sp³-hybridized carbons (Fsp3) is 0.550. The first-order chi connectivity index (χ1) is 12.2. The van der Waals surface area contributed by atoms with E-state index in [-0.39, 0.29) is 7.43 Å². The predicted octanol–water partition coefficient (Wildman–Crippen LogP) is 6.28. The molecule has 0 atom stereocenters. The van der Waals surface area contributed by atoms with Crippen molar-refractivity contribution in [3.05, 3.63) is 51.1 Å². The van der Waals surface area contributed by atoms with Crippen LogP contribution in [0.4, 0.5) is 0 Å². The number of hydrogen-bond donors (Lipinski definition) is 0. The monoisotopic (exact) mass is 441 g/mol. The normalized spacial score (nSPS) is 9.67. The Balaban J connectivity index is 0.000000369. The summed E-state index contributed by atoms with van der Waals surface area (Å²) in [5, 5.41) is 12.2. The van der Waals surface area contributed by atoms with Crippen LogP contribution < -0.4 is 0 Å². The van der Waals surface area contributed by atoms with Crippen molar-refractivity contribution in [1.82, 2.24) is 15.5 Å². The summed E-state index contributed by atoms with van der Waals surface area (Å²) in [4.78, 5) is 0. The van der Waals surface area contributed by atoms with Crippen LogP contribution in [0.5, 0.6) is 0 Å². The van der Waals surface area contributed by atoms with Gasteiger partial charge in [-0.1, -0.05) is 45.8 Å². The summed E-state index contributed by atoms with van der Waals surface area (Å²) < 4.78 is 14.7. The van der Waals surface area contributed by atoms with Gasteiger partial charge in [-0.2, -0.15) is 0 Å². The number of hydrogen-bond acceptors (Lipinski definition) is 6. The van der Waals surface area contributed by atoms with E-state index in [4.69, 9.17) is 13.6 Å². The first-order valence-electron chi connectivity index (χ1n) is 8.51. The van der Waals surface area contributed by atoms with E-state index in [1.807, 2.05) is 48.5 Å². The molecule has 0 radical (unpaired) electrons. The molecule has 0 saturated carbocycles. The Morgan fingerprint density at radius 2 is 1.07 bits per heavy atom. The first-order valence-corrected chi connectivity index (χ1v) is 9.63. The van der Waals surface area contributed by atoms with E-state index in [1.165, 1.54) is 5.56 Å². The van der Waals surface area contributed by atoms with E-state index < -0.39 is 0 Å². The van der Waals surface area contributed by atoms with Crippen LogP contribution in [0.3, 0.4) is 0 Å². The van der Waals surface area contributed by atoms with Crippen molar-refractivity contribution in [2.75, 3.05) is 0 Å². The van der Waals surface area contributed by atoms with Crippen LogP contribution in [0, 0.1) is 48.5 Å². The van der Waals surface area contributed by atoms with Crippen LogP contribution in [-0.4, -0.2) is 15.5 Å². The molecule has 7 heteroatoms. The fourth-order valence-corrected chi connectivity index (χ4v) is 3.03. The third kappa shape index (κ3) is 6.97. The standard InChI is InChI=1S/C7H11NO.C6H8BrNO.C6H9NO.CH4/c1-4-7-5(2)8-9-6(7)3;1-4-6(3-7)5(2)9-8-4;1-4-5(2)7-8-6(4)3;/h4H2,1-3H3;3H2,1-2H3;1-3H3;1H4. The topological polar surface area (TPSA) is 78.1 Å². The van der Waals surface area contributed by atoms with Gasteiger partial charge in [-0.25, -0.2) is 0 Å². The average Bonchev–Trinajstić information content (AvgIpc) is 3.22. The van der Waals surface area contributed by atoms with Gasteiger partial charge in [-0.05, 0) is 54.9 Å². The molecule has 0 unspecified atom stereocenters. The van der Waals surface area contributed by atoms with E-state index in [0.29, 0.717) is 0 Å². The van der Waals surface area contributed by atoms with Crippen molar-refractivity contribution in [3.63, 3.8) is 0 Å². The second-order valence-corrected chi connectivity index (χ2v) is 6.60. The molecule has 152 valence electrons. The molecule has 0 saturated heterocycles. The van der Waals surface area contributed by atoms with E-state index >= 15 is 0 Å². The van der Waals surface area contributed by atoms with Gasteiger partial charge in [0.2, 0.25) is 0 Å². The van der Waals surface area contributed by atoms with Gasteiger partial charge in [-0.3, -0.25) is 0 Å². The highest BCUT2D eigenvalue weighted by Crippen LogP contribution is 2.14. The lowest BCUT2D eigenvalue weighted by Gasteiger charge is -1.88. The molecule has 0 amide bonds. The SMILES string of the molecule is C.CCc1c(C)noc1C.Cc1noc(C)c1C.Cc1noc(C)c1CBr. The number of rotatable bonds is 2. The quantitative estimate of drug-likeness (QED) is 0.435. The summed E-state index contributed by atoms with van der Waals surface area (Å²) in [6.07, 6.45) is 1.02. The molecule has 0 aliphatic heterocycles. The minimum atomic E-state index is 0. The van der Waals surface area contributed by atoms with Crippen molar-refractivity contribution < 1.29 is 13.6 Å². The molecule has 3 rings (SSSR count). The smallest absolute Gasteiger partial charge is 0.137 e. The number of nitrogens with zero attached hydrogens (tertiary/aromatic N) is 3. The molecule has 3 heterocycles. The second-order valence-electron chi connectivity index (χ2n) is 6.04. The van der Waals surface area contributed by atoms with E-state index in [9.17, 15) is 0 Å². The van der Waals surface area contributed by atoms with Crippen LogP contribution in [0.15, 0.2) is 13.6 Å². The van der Waals surface area contributed by atoms with Crippen molar-refractivity contribution in [2.24, 2.45) is 0 Å². The lowest BCUT2D eigenvalue weighted by molar-refractivity contribution is 0.392. The second kappa shape index (κ2) is 11.7. The molecule has 27 heavy (non-hydrogen) atoms. The van der Waals surface area contributed by atoms with Gasteiger partial charge in [-0.15, -0.1) is 0 Å². The fourth-order valence-electron chi connectivity index (χ4n) is 2.23. The van der Waals surface area contributed by atoms with Crippen molar-refractivity contribution in [2.45, 2.75) is 74.6 Å². The molecular formula is C20H32BrN3O3. The van der Waals surface area contributed by atoms with Crippen LogP contribution in [0.1, 0.15) is 65.4 Å². The number of halogens is 1. The largest absolute Gasteiger partial charge is 0.361 e. The van der Waals surface area contributed by atoms with Crippen LogP contribution in [0.25, 0.3) is 0 Å². The molecule has 3 aromatic heterocycles. The first kappa shape index (κ1) is 25.1. The predicted molar refractivity (Wildman–Crippen MR) is 111 cm³/mol. The molecule has 0 fully saturated rings. The van der Waals surface area contributed by atoms with Gasteiger partial charge in [0.25, 0.3) is 0 Å². The summed E-state index contributed by atoms with van der Waals surface area (Å²) in [6.45, 7) is 15.7. The Kier molecular flexibility index (Phi) is 10.9. The maximum atomic E-state index is 4.94. The molecule has 0 aliphatic carbocycles. The molecule has 6 nitrogen and oxygen atoms in total. The van der Waals surface area contributed by atoms with Gasteiger partial charge in [0.15, 0.2) is 0 Å². The zero-order chi connectivity index (χ0) is 19.9. The van der Waals surface area contributed by atoms with Crippen LogP contribution in [-0.2, 0) is 11.8 Å². The highest BCUT2D eigenvalue weighted by atomic mass is 79.9. The summed E-state index contributed by atoms with van der Waals surface area (Å²) in [6, 6.07) is 0. The summed E-state index contributed by atoms with van der Waals surface area (Å²) in [5.74, 6) is 2.78.